The molecule has 9 rings (SSSR count). The van der Waals surface area contributed by atoms with E-state index in [1.54, 1.807) is 45.7 Å². The molecule has 0 fully saturated rings. The minimum absolute atomic E-state index is 0.0168. The smallest absolute Gasteiger partial charge is 0.294 e. The molecule has 0 saturated heterocycles. The van der Waals surface area contributed by atoms with Crippen molar-refractivity contribution in [3.63, 3.8) is 0 Å². The number of anilines is 1. The number of rotatable bonds is 39. The monoisotopic (exact) mass is 1480 g/mol. The van der Waals surface area contributed by atoms with Gasteiger partial charge in [0.1, 0.15) is 53.6 Å². The minimum atomic E-state index is -4.65. The summed E-state index contributed by atoms with van der Waals surface area (Å²) in [7, 11) is -2.94. The SMILES string of the molecule is CC(=O)CCCCCN1/C(=C/C=C2\CC(C)(C)CC(/C=C/C3=[N+](CCCCCC(C)=O)c4cc5c(cc4C3(C)C)-c3ccc(C)cc3C5(CCC(C)=O)CCC(C)=O)=C2OCCN(C)C(=O)CCC(=O)NCCCN=[N+]=[N-])C(C)(C)c2cc3c(cc21)C(CCC(C)=O)(CCC(C)=O)c1cc(S(=O)(=O)O)ccc1-3. The molecule has 20 heteroatoms. The lowest BCUT2D eigenvalue weighted by Gasteiger charge is -2.34. The van der Waals surface area contributed by atoms with E-state index in [0.717, 1.165) is 122 Å². The molecule has 5 aliphatic rings. The highest BCUT2D eigenvalue weighted by atomic mass is 32.2. The summed E-state index contributed by atoms with van der Waals surface area (Å²) in [4.78, 5) is 110. The largest absolute Gasteiger partial charge is 0.491 e. The van der Waals surface area contributed by atoms with Crippen LogP contribution in [0.3, 0.4) is 0 Å². The quantitative estimate of drug-likeness (QED) is 0.0105. The van der Waals surface area contributed by atoms with Gasteiger partial charge in [0, 0.05) is 135 Å². The van der Waals surface area contributed by atoms with Gasteiger partial charge in [0.2, 0.25) is 17.5 Å². The molecule has 4 aromatic rings. The number of carbonyl (C=O) groups excluding carboxylic acids is 8. The first-order valence-corrected chi connectivity index (χ1v) is 39.9. The van der Waals surface area contributed by atoms with Crippen molar-refractivity contribution in [2.45, 2.75) is 251 Å². The fourth-order valence-electron chi connectivity index (χ4n) is 17.2. The number of nitrogens with one attached hydrogen (secondary N) is 1. The molecule has 2 heterocycles. The predicted molar refractivity (Wildman–Crippen MR) is 421 cm³/mol. The molecule has 0 aromatic heterocycles. The van der Waals surface area contributed by atoms with Crippen LogP contribution in [0.1, 0.15) is 257 Å². The second-order valence-corrected chi connectivity index (χ2v) is 34.2. The number of hydrogen-bond donors (Lipinski definition) is 2. The molecular formula is C87H112N7O12S+. The molecule has 0 bridgehead atoms. The first-order valence-electron chi connectivity index (χ1n) is 38.4. The Balaban J connectivity index is 1.21. The highest BCUT2D eigenvalue weighted by molar-refractivity contribution is 7.85. The first kappa shape index (κ1) is 82.3. The number of carbonyl (C=O) groups is 8. The number of hydrogen-bond acceptors (Lipinski definition) is 13. The Bertz CT molecular complexity index is 4500. The van der Waals surface area contributed by atoms with E-state index in [9.17, 15) is 51.3 Å². The average molecular weight is 1480 g/mol. The topological polar surface area (TPSA) is 270 Å². The van der Waals surface area contributed by atoms with E-state index in [1.807, 2.05) is 0 Å². The number of azide groups is 1. The van der Waals surface area contributed by atoms with Gasteiger partial charge in [-0.2, -0.15) is 13.0 Å². The molecule has 0 unspecified atom stereocenters. The van der Waals surface area contributed by atoms with Crippen LogP contribution in [-0.2, 0) is 74.9 Å². The molecule has 2 N–H and O–H groups in total. The molecule has 0 saturated carbocycles. The number of fused-ring (bicyclic) bond motifs is 8. The van der Waals surface area contributed by atoms with Crippen molar-refractivity contribution < 1.29 is 60.6 Å². The Hall–Kier alpha value is -8.71. The van der Waals surface area contributed by atoms with Crippen molar-refractivity contribution in [1.82, 2.24) is 10.2 Å². The van der Waals surface area contributed by atoms with Gasteiger partial charge in [0.25, 0.3) is 10.1 Å². The van der Waals surface area contributed by atoms with Gasteiger partial charge in [0.05, 0.1) is 16.9 Å². The number of unbranched alkanes of at least 4 members (excludes halogenated alkanes) is 4. The maximum atomic E-state index is 13.8. The van der Waals surface area contributed by atoms with Crippen LogP contribution in [-0.4, -0.2) is 121 Å². The Morgan fingerprint density at radius 2 is 1.17 bits per heavy atom. The van der Waals surface area contributed by atoms with Gasteiger partial charge < -0.3 is 48.6 Å². The number of ether oxygens (including phenoxy) is 1. The molecule has 0 radical (unpaired) electrons. The number of benzene rings is 4. The van der Waals surface area contributed by atoms with Crippen molar-refractivity contribution in [2.75, 3.05) is 51.3 Å². The zero-order chi connectivity index (χ0) is 78.1. The van der Waals surface area contributed by atoms with Crippen LogP contribution >= 0.6 is 0 Å². The van der Waals surface area contributed by atoms with Crippen LogP contribution in [0.4, 0.5) is 11.4 Å². The molecule has 4 aromatic carbocycles. The van der Waals surface area contributed by atoms with Crippen molar-refractivity contribution in [2.24, 2.45) is 10.5 Å². The average Bonchev–Trinajstić information content (AvgIpc) is 1.54. The van der Waals surface area contributed by atoms with Crippen LogP contribution in [0, 0.1) is 12.3 Å². The minimum Gasteiger partial charge on any atom is -0.491 e. The van der Waals surface area contributed by atoms with Crippen LogP contribution < -0.4 is 10.2 Å². The summed E-state index contributed by atoms with van der Waals surface area (Å²) in [6.45, 7) is 27.2. The van der Waals surface area contributed by atoms with E-state index >= 15 is 0 Å². The maximum absolute atomic E-state index is 13.8. The number of Topliss-reactive ketones (excluding diaryl/α,β-unsaturated/α-hetero) is 6. The predicted octanol–water partition coefficient (Wildman–Crippen LogP) is 17.2. The normalized spacial score (nSPS) is 17.3. The van der Waals surface area contributed by atoms with Crippen molar-refractivity contribution in [1.29, 1.82) is 0 Å². The van der Waals surface area contributed by atoms with Crippen LogP contribution in [0.2, 0.25) is 0 Å². The van der Waals surface area contributed by atoms with E-state index in [0.29, 0.717) is 108 Å². The van der Waals surface area contributed by atoms with E-state index in [2.05, 4.69) is 140 Å². The number of amides is 2. The molecule has 19 nitrogen and oxygen atoms in total. The highest BCUT2D eigenvalue weighted by Gasteiger charge is 2.52. The summed E-state index contributed by atoms with van der Waals surface area (Å²) < 4.78 is 45.9. The fourth-order valence-corrected chi connectivity index (χ4v) is 17.7. The molecular weight excluding hydrogens is 1370 g/mol. The van der Waals surface area contributed by atoms with E-state index in [1.165, 1.54) is 26.0 Å². The maximum Gasteiger partial charge on any atom is 0.294 e. The summed E-state index contributed by atoms with van der Waals surface area (Å²) in [6, 6.07) is 20.4. The van der Waals surface area contributed by atoms with Gasteiger partial charge in [-0.25, -0.2) is 0 Å². The summed E-state index contributed by atoms with van der Waals surface area (Å²) in [5.74, 6) is 0.522. The molecule has 3 aliphatic carbocycles. The number of likely N-dealkylation sites (N-methyl/N-ethyl adjacent to an activating group) is 1. The summed E-state index contributed by atoms with van der Waals surface area (Å²) in [5, 5.41) is 6.33. The molecule has 0 atom stereocenters. The number of nitrogens with zero attached hydrogens (tertiary/aromatic N) is 6. The third-order valence-electron chi connectivity index (χ3n) is 22.9. The van der Waals surface area contributed by atoms with Crippen LogP contribution in [0.15, 0.2) is 118 Å². The number of ketones is 6. The van der Waals surface area contributed by atoms with Gasteiger partial charge in [0.15, 0.2) is 5.71 Å². The molecule has 0 spiro atoms. The Morgan fingerprint density at radius 3 is 1.75 bits per heavy atom. The van der Waals surface area contributed by atoms with Gasteiger partial charge in [-0.05, 0) is 248 Å². The van der Waals surface area contributed by atoms with Crippen LogP contribution in [0.25, 0.3) is 32.7 Å². The standard InChI is InChI=1S/C87H111N7O12S/c1-56-24-28-66-68-50-74-76(52-72(68)86(70(66)48-56,38-34-59(4)97)39-35-60(5)98)93(44-19-15-17-22-57(2)95)78(84(74,10)11)30-25-63-54-83(8,9)55-64(82(63)106-47-46-92(14)81(102)33-32-80(101)89-42-21-43-90-91-88)26-31-79-85(12,13)75-51-69-67-29-27-65(107(103,104)105)49-71(67)87(40-36-61(6)99,41-37-62(7)100)73(69)53-77(75)94(79)45-20-16-18-23-58(3)96/h24-31,48-53H,15-23,32-47,54-55H2,1-14H3,(H-,89,101,103,104,105)/p+1. The Labute approximate surface area is 633 Å². The van der Waals surface area contributed by atoms with Gasteiger partial charge in [-0.3, -0.25) is 14.1 Å². The first-order chi connectivity index (χ1) is 50.5. The van der Waals surface area contributed by atoms with E-state index < -0.39 is 31.8 Å². The lowest BCUT2D eigenvalue weighted by molar-refractivity contribution is -0.438. The Morgan fingerprint density at radius 1 is 0.617 bits per heavy atom. The zero-order valence-corrected chi connectivity index (χ0v) is 66.5. The summed E-state index contributed by atoms with van der Waals surface area (Å²) >= 11 is 0. The molecule has 572 valence electrons. The van der Waals surface area contributed by atoms with Crippen LogP contribution in [0.5, 0.6) is 0 Å². The number of allylic oxidation sites excluding steroid dienone is 7. The highest BCUT2D eigenvalue weighted by Crippen LogP contribution is 2.61. The molecule has 107 heavy (non-hydrogen) atoms. The van der Waals surface area contributed by atoms with Gasteiger partial charge in [-0.15, -0.1) is 0 Å². The third kappa shape index (κ3) is 18.7. The zero-order valence-electron chi connectivity index (χ0n) is 65.7. The lowest BCUT2D eigenvalue weighted by atomic mass is 9.70. The third-order valence-corrected chi connectivity index (χ3v) is 23.7. The molecule has 2 amide bonds. The van der Waals surface area contributed by atoms with Crippen molar-refractivity contribution >= 4 is 73.7 Å². The van der Waals surface area contributed by atoms with Gasteiger partial charge >= 0.3 is 0 Å². The van der Waals surface area contributed by atoms with E-state index in [4.69, 9.17) is 10.3 Å². The second-order valence-electron chi connectivity index (χ2n) is 32.8. The van der Waals surface area contributed by atoms with Gasteiger partial charge in [-0.1, -0.05) is 75.1 Å². The van der Waals surface area contributed by atoms with Crippen molar-refractivity contribution in [3.05, 3.63) is 157 Å². The number of aryl methyl sites for hydroxylation is 1. The second kappa shape index (κ2) is 34.2. The summed E-state index contributed by atoms with van der Waals surface area (Å²) in [6.07, 6.45) is 18.9. The van der Waals surface area contributed by atoms with Crippen molar-refractivity contribution in [3.8, 4) is 22.3 Å². The summed E-state index contributed by atoms with van der Waals surface area (Å²) in [5.41, 5.74) is 22.4. The lowest BCUT2D eigenvalue weighted by Crippen LogP contribution is -2.32. The van der Waals surface area contributed by atoms with E-state index in [-0.39, 0.29) is 102 Å². The molecule has 2 aliphatic heterocycles. The Kier molecular flexibility index (Phi) is 26.4. The fraction of sp³-hybridized carbons (Fsp3) is 0.529.